The van der Waals surface area contributed by atoms with Crippen LogP contribution in [0.4, 0.5) is 0 Å². The van der Waals surface area contributed by atoms with E-state index in [2.05, 4.69) is 10.3 Å². The van der Waals surface area contributed by atoms with Gasteiger partial charge in [-0.05, 0) is 30.2 Å². The van der Waals surface area contributed by atoms with Crippen LogP contribution in [0.25, 0.3) is 10.2 Å². The highest BCUT2D eigenvalue weighted by Crippen LogP contribution is 2.27. The third-order valence-electron chi connectivity index (χ3n) is 5.01. The van der Waals surface area contributed by atoms with Gasteiger partial charge in [0, 0.05) is 36.9 Å². The minimum atomic E-state index is -0.474. The molecular weight excluding hydrogens is 418 g/mol. The summed E-state index contributed by atoms with van der Waals surface area (Å²) in [6.45, 7) is 2.14. The Balaban J connectivity index is 1.73. The topological polar surface area (TPSA) is 85.1 Å². The summed E-state index contributed by atoms with van der Waals surface area (Å²) < 4.78 is 0.974. The number of Topliss-reactive ketones (excluding diaryl/α,β-unsaturated/α-hetero) is 1. The van der Waals surface area contributed by atoms with Crippen LogP contribution >= 0.6 is 22.9 Å². The molecule has 3 N–H and O–H groups in total. The number of thiazole rings is 1. The van der Waals surface area contributed by atoms with E-state index in [1.807, 2.05) is 49.4 Å². The van der Waals surface area contributed by atoms with Gasteiger partial charge in [0.05, 0.1) is 21.1 Å². The van der Waals surface area contributed by atoms with E-state index in [1.54, 1.807) is 6.07 Å². The van der Waals surface area contributed by atoms with Crippen LogP contribution in [0.2, 0.25) is 5.02 Å². The summed E-state index contributed by atoms with van der Waals surface area (Å²) in [5.74, 6) is -0.564. The fourth-order valence-electron chi connectivity index (χ4n) is 3.33. The molecule has 0 spiro atoms. The van der Waals surface area contributed by atoms with Crippen molar-refractivity contribution in [3.05, 3.63) is 64.1 Å². The van der Waals surface area contributed by atoms with Crippen LogP contribution < -0.4 is 11.1 Å². The number of hydrogen-bond donors (Lipinski definition) is 2. The second-order valence-electron chi connectivity index (χ2n) is 7.35. The number of carbonyl (C=O) groups is 2. The van der Waals surface area contributed by atoms with Crippen LogP contribution in [-0.4, -0.2) is 29.3 Å². The maximum atomic E-state index is 13.1. The number of fused-ring (bicyclic) bond motifs is 1. The molecule has 0 bridgehead atoms. The van der Waals surface area contributed by atoms with Crippen molar-refractivity contribution in [1.29, 1.82) is 0 Å². The van der Waals surface area contributed by atoms with E-state index in [0.29, 0.717) is 30.8 Å². The molecule has 0 aliphatic heterocycles. The van der Waals surface area contributed by atoms with Gasteiger partial charge in [-0.2, -0.15) is 0 Å². The molecule has 0 radical (unpaired) electrons. The molecule has 158 valence electrons. The number of nitrogens with two attached hydrogens (primary N) is 1. The molecular formula is C23H26ClN3O2S. The van der Waals surface area contributed by atoms with Gasteiger partial charge in [-0.3, -0.25) is 9.59 Å². The molecule has 1 amide bonds. The van der Waals surface area contributed by atoms with E-state index in [-0.39, 0.29) is 24.2 Å². The van der Waals surface area contributed by atoms with Crippen molar-refractivity contribution in [3.8, 4) is 0 Å². The zero-order valence-corrected chi connectivity index (χ0v) is 18.5. The Kier molecular flexibility index (Phi) is 7.96. The van der Waals surface area contributed by atoms with Crippen LogP contribution in [-0.2, 0) is 22.4 Å². The molecule has 0 aliphatic rings. The largest absolute Gasteiger partial charge is 0.352 e. The van der Waals surface area contributed by atoms with Gasteiger partial charge in [-0.15, -0.1) is 11.3 Å². The quantitative estimate of drug-likeness (QED) is 0.492. The van der Waals surface area contributed by atoms with Crippen molar-refractivity contribution < 1.29 is 9.59 Å². The first-order valence-electron chi connectivity index (χ1n) is 10.1. The Hall–Kier alpha value is -2.28. The average molecular weight is 444 g/mol. The second kappa shape index (κ2) is 10.7. The predicted octanol–water partition coefficient (Wildman–Crippen LogP) is 4.16. The highest BCUT2D eigenvalue weighted by atomic mass is 35.5. The summed E-state index contributed by atoms with van der Waals surface area (Å²) in [6.07, 6.45) is 1.67. The highest BCUT2D eigenvalue weighted by molar-refractivity contribution is 7.18. The van der Waals surface area contributed by atoms with E-state index >= 15 is 0 Å². The zero-order chi connectivity index (χ0) is 21.5. The van der Waals surface area contributed by atoms with Gasteiger partial charge in [-0.1, -0.05) is 48.9 Å². The molecule has 2 aromatic carbocycles. The molecule has 0 unspecified atom stereocenters. The van der Waals surface area contributed by atoms with E-state index in [1.165, 1.54) is 11.3 Å². The summed E-state index contributed by atoms with van der Waals surface area (Å²) in [5, 5.41) is 4.52. The lowest BCUT2D eigenvalue weighted by molar-refractivity contribution is -0.129. The fourth-order valence-corrected chi connectivity index (χ4v) is 4.66. The van der Waals surface area contributed by atoms with E-state index in [0.717, 1.165) is 20.8 Å². The van der Waals surface area contributed by atoms with Crippen LogP contribution in [0.15, 0.2) is 48.5 Å². The number of aromatic nitrogens is 1. The Morgan fingerprint density at radius 2 is 1.93 bits per heavy atom. The van der Waals surface area contributed by atoms with Gasteiger partial charge in [0.15, 0.2) is 0 Å². The maximum absolute atomic E-state index is 13.1. The molecule has 0 saturated carbocycles. The maximum Gasteiger partial charge on any atom is 0.224 e. The average Bonchev–Trinajstić information content (AvgIpc) is 3.14. The summed E-state index contributed by atoms with van der Waals surface area (Å²) in [6, 6.07) is 15.3. The highest BCUT2D eigenvalue weighted by Gasteiger charge is 2.25. The third-order valence-corrected chi connectivity index (χ3v) is 6.29. The van der Waals surface area contributed by atoms with Gasteiger partial charge in [0.2, 0.25) is 5.91 Å². The minimum absolute atomic E-state index is 0.0617. The van der Waals surface area contributed by atoms with Crippen molar-refractivity contribution >= 4 is 44.8 Å². The number of ketones is 1. The summed E-state index contributed by atoms with van der Waals surface area (Å²) >= 11 is 7.58. The Labute approximate surface area is 185 Å². The molecule has 2 atom stereocenters. The lowest BCUT2D eigenvalue weighted by Gasteiger charge is -2.21. The van der Waals surface area contributed by atoms with Crippen molar-refractivity contribution in [1.82, 2.24) is 10.3 Å². The summed E-state index contributed by atoms with van der Waals surface area (Å²) in [5.41, 5.74) is 7.87. The first kappa shape index (κ1) is 22.4. The Morgan fingerprint density at radius 3 is 2.63 bits per heavy atom. The molecule has 30 heavy (non-hydrogen) atoms. The Bertz CT molecular complexity index is 1010. The van der Waals surface area contributed by atoms with Crippen LogP contribution in [0, 0.1) is 5.92 Å². The van der Waals surface area contributed by atoms with Gasteiger partial charge in [0.25, 0.3) is 0 Å². The molecule has 5 nitrogen and oxygen atoms in total. The van der Waals surface area contributed by atoms with E-state index in [4.69, 9.17) is 17.3 Å². The van der Waals surface area contributed by atoms with E-state index < -0.39 is 5.92 Å². The lowest BCUT2D eigenvalue weighted by Crippen LogP contribution is -2.45. The number of nitrogens with zero attached hydrogens (tertiary/aromatic N) is 1. The van der Waals surface area contributed by atoms with Crippen molar-refractivity contribution in [2.45, 2.75) is 38.6 Å². The predicted molar refractivity (Wildman–Crippen MR) is 123 cm³/mol. The smallest absolute Gasteiger partial charge is 0.224 e. The molecule has 0 saturated heterocycles. The van der Waals surface area contributed by atoms with Gasteiger partial charge in [-0.25, -0.2) is 4.98 Å². The molecule has 0 aliphatic carbocycles. The number of carbonyl (C=O) groups excluding carboxylic acids is 2. The van der Waals surface area contributed by atoms with Gasteiger partial charge >= 0.3 is 0 Å². The van der Waals surface area contributed by atoms with Crippen LogP contribution in [0.3, 0.4) is 0 Å². The monoisotopic (exact) mass is 443 g/mol. The first-order chi connectivity index (χ1) is 14.5. The van der Waals surface area contributed by atoms with Crippen LogP contribution in [0.1, 0.15) is 30.3 Å². The fraction of sp³-hybridized carbons (Fsp3) is 0.348. The normalized spacial score (nSPS) is 13.2. The molecule has 7 heteroatoms. The molecule has 3 aromatic rings. The summed E-state index contributed by atoms with van der Waals surface area (Å²) in [4.78, 5) is 29.8. The number of rotatable bonds is 10. The third kappa shape index (κ3) is 6.11. The number of amides is 1. The van der Waals surface area contributed by atoms with Crippen LogP contribution in [0.5, 0.6) is 0 Å². The van der Waals surface area contributed by atoms with E-state index in [9.17, 15) is 9.59 Å². The number of hydrogen-bond acceptors (Lipinski definition) is 5. The van der Waals surface area contributed by atoms with Crippen molar-refractivity contribution in [2.24, 2.45) is 11.7 Å². The lowest BCUT2D eigenvalue weighted by atomic mass is 9.96. The minimum Gasteiger partial charge on any atom is -0.352 e. The molecule has 1 heterocycles. The van der Waals surface area contributed by atoms with Gasteiger partial charge < -0.3 is 11.1 Å². The summed E-state index contributed by atoms with van der Waals surface area (Å²) in [7, 11) is 0. The standard InChI is InChI=1S/C23H26ClN3O2S/c1-2-19(28)11-16(12-22-27-20-9-8-17(24)13-21(20)30-22)23(29)26-18(14-25)10-15-6-4-3-5-7-15/h3-9,13,16,18H,2,10-12,14,25H2,1H3,(H,26,29)/t16-,18-/m1/s1. The van der Waals surface area contributed by atoms with Gasteiger partial charge in [0.1, 0.15) is 5.78 Å². The molecule has 3 rings (SSSR count). The number of benzene rings is 2. The Morgan fingerprint density at radius 1 is 1.17 bits per heavy atom. The zero-order valence-electron chi connectivity index (χ0n) is 16.9. The first-order valence-corrected chi connectivity index (χ1v) is 11.3. The second-order valence-corrected chi connectivity index (χ2v) is 8.90. The number of halogens is 1. The van der Waals surface area contributed by atoms with Crippen molar-refractivity contribution in [2.75, 3.05) is 6.54 Å². The molecule has 1 aromatic heterocycles. The SMILES string of the molecule is CCC(=O)C[C@H](Cc1nc2ccc(Cl)cc2s1)C(=O)N[C@@H](CN)Cc1ccccc1. The molecule has 0 fully saturated rings. The number of nitrogens with one attached hydrogen (secondary N) is 1. The van der Waals surface area contributed by atoms with Crippen molar-refractivity contribution in [3.63, 3.8) is 0 Å².